The molecule has 0 fully saturated rings. The Kier molecular flexibility index (Phi) is 3.88. The maximum Gasteiger partial charge on any atom is 0.134 e. The lowest BCUT2D eigenvalue weighted by Crippen LogP contribution is -2.45. The number of nitrogens with zero attached hydrogens (tertiary/aromatic N) is 2. The maximum atomic E-state index is 9.66. The van der Waals surface area contributed by atoms with Crippen molar-refractivity contribution in [1.82, 2.24) is 4.98 Å². The molecule has 0 bridgehead atoms. The second-order valence-electron chi connectivity index (χ2n) is 4.62. The Morgan fingerprint density at radius 1 is 1.50 bits per heavy atom. The van der Waals surface area contributed by atoms with Crippen LogP contribution in [0.2, 0.25) is 0 Å². The lowest BCUT2D eigenvalue weighted by Gasteiger charge is -2.36. The van der Waals surface area contributed by atoms with Crippen molar-refractivity contribution in [3.05, 3.63) is 23.9 Å². The minimum absolute atomic E-state index is 0.0271. The summed E-state index contributed by atoms with van der Waals surface area (Å²) in [6, 6.07) is 3.64. The number of anilines is 1. The quantitative estimate of drug-likeness (QED) is 0.810. The Bertz CT molecular complexity index is 351. The number of rotatable bonds is 4. The maximum absolute atomic E-state index is 9.66. The van der Waals surface area contributed by atoms with Crippen LogP contribution >= 0.6 is 0 Å². The van der Waals surface area contributed by atoms with Gasteiger partial charge in [0, 0.05) is 18.8 Å². The highest BCUT2D eigenvalue weighted by atomic mass is 16.3. The average Bonchev–Trinajstić information content (AvgIpc) is 2.28. The molecule has 0 spiro atoms. The molecule has 0 radical (unpaired) electrons. The third-order valence-electron chi connectivity index (χ3n) is 2.88. The van der Waals surface area contributed by atoms with Gasteiger partial charge in [-0.1, -0.05) is 6.07 Å². The van der Waals surface area contributed by atoms with E-state index in [0.29, 0.717) is 5.82 Å². The zero-order chi connectivity index (χ0) is 12.3. The molecule has 1 aromatic rings. The van der Waals surface area contributed by atoms with Crippen molar-refractivity contribution >= 4 is 5.82 Å². The van der Waals surface area contributed by atoms with E-state index in [1.807, 2.05) is 31.9 Å². The molecule has 0 aliphatic carbocycles. The average molecular weight is 224 g/mol. The van der Waals surface area contributed by atoms with E-state index in [9.17, 15) is 10.2 Å². The van der Waals surface area contributed by atoms with Gasteiger partial charge in [-0.3, -0.25) is 0 Å². The summed E-state index contributed by atoms with van der Waals surface area (Å²) >= 11 is 0. The van der Waals surface area contributed by atoms with Crippen molar-refractivity contribution in [3.63, 3.8) is 0 Å². The Hall–Kier alpha value is -1.13. The summed E-state index contributed by atoms with van der Waals surface area (Å²) < 4.78 is 0. The summed E-state index contributed by atoms with van der Waals surface area (Å²) in [5.41, 5.74) is 0.365. The molecule has 1 unspecified atom stereocenters. The fourth-order valence-electron chi connectivity index (χ4n) is 1.41. The fourth-order valence-corrected chi connectivity index (χ4v) is 1.41. The van der Waals surface area contributed by atoms with Crippen LogP contribution in [0.1, 0.15) is 32.4 Å². The molecular formula is C12H20N2O2. The molecule has 90 valence electrons. The smallest absolute Gasteiger partial charge is 0.134 e. The van der Waals surface area contributed by atoms with Crippen LogP contribution < -0.4 is 4.90 Å². The number of aliphatic hydroxyl groups excluding tert-OH is 2. The Morgan fingerprint density at radius 2 is 2.12 bits per heavy atom. The van der Waals surface area contributed by atoms with Crippen molar-refractivity contribution in [2.24, 2.45) is 0 Å². The summed E-state index contributed by atoms with van der Waals surface area (Å²) in [4.78, 5) is 6.15. The van der Waals surface area contributed by atoms with Crippen molar-refractivity contribution < 1.29 is 10.2 Å². The standard InChI is InChI=1S/C12H20N2O2/c1-9(16)10-6-5-7-13-11(10)14(4)12(2,3)8-15/h5-7,9,15-16H,8H2,1-4H3. The molecule has 2 N–H and O–H groups in total. The highest BCUT2D eigenvalue weighted by molar-refractivity contribution is 5.49. The number of likely N-dealkylation sites (N-methyl/N-ethyl adjacent to an activating group) is 1. The highest BCUT2D eigenvalue weighted by Gasteiger charge is 2.26. The molecule has 0 aliphatic rings. The SMILES string of the molecule is CC(O)c1cccnc1N(C)C(C)(C)CO. The largest absolute Gasteiger partial charge is 0.394 e. The summed E-state index contributed by atoms with van der Waals surface area (Å²) in [6.07, 6.45) is 1.12. The summed E-state index contributed by atoms with van der Waals surface area (Å²) in [7, 11) is 1.87. The van der Waals surface area contributed by atoms with E-state index in [1.54, 1.807) is 19.2 Å². The van der Waals surface area contributed by atoms with Gasteiger partial charge in [-0.15, -0.1) is 0 Å². The van der Waals surface area contributed by atoms with Gasteiger partial charge in [0.05, 0.1) is 18.2 Å². The van der Waals surface area contributed by atoms with E-state index in [4.69, 9.17) is 0 Å². The van der Waals surface area contributed by atoms with Gasteiger partial charge in [0.15, 0.2) is 0 Å². The summed E-state index contributed by atoms with van der Waals surface area (Å²) in [5.74, 6) is 0.705. The number of aliphatic hydroxyl groups is 2. The molecule has 0 saturated heterocycles. The number of hydrogen-bond donors (Lipinski definition) is 2. The Labute approximate surface area is 96.6 Å². The molecule has 1 rings (SSSR count). The lowest BCUT2D eigenvalue weighted by molar-refractivity contribution is 0.195. The van der Waals surface area contributed by atoms with E-state index in [1.165, 1.54) is 0 Å². The molecule has 0 aliphatic heterocycles. The minimum atomic E-state index is -0.569. The van der Waals surface area contributed by atoms with E-state index >= 15 is 0 Å². The van der Waals surface area contributed by atoms with Crippen LogP contribution in [0.15, 0.2) is 18.3 Å². The van der Waals surface area contributed by atoms with Gasteiger partial charge in [-0.05, 0) is 26.8 Å². The Morgan fingerprint density at radius 3 is 2.62 bits per heavy atom. The molecule has 0 amide bonds. The van der Waals surface area contributed by atoms with Crippen LogP contribution in [0.5, 0.6) is 0 Å². The highest BCUT2D eigenvalue weighted by Crippen LogP contribution is 2.27. The summed E-state index contributed by atoms with van der Waals surface area (Å²) in [6.45, 7) is 5.58. The first-order valence-electron chi connectivity index (χ1n) is 5.38. The third kappa shape index (κ3) is 2.51. The van der Waals surface area contributed by atoms with Crippen molar-refractivity contribution in [1.29, 1.82) is 0 Å². The van der Waals surface area contributed by atoms with Crippen LogP contribution in [0.3, 0.4) is 0 Å². The van der Waals surface area contributed by atoms with E-state index < -0.39 is 11.6 Å². The topological polar surface area (TPSA) is 56.6 Å². The second kappa shape index (κ2) is 4.80. The zero-order valence-electron chi connectivity index (χ0n) is 10.3. The van der Waals surface area contributed by atoms with Gasteiger partial charge < -0.3 is 15.1 Å². The van der Waals surface area contributed by atoms with Crippen LogP contribution in [-0.4, -0.2) is 34.4 Å². The fraction of sp³-hybridized carbons (Fsp3) is 0.583. The second-order valence-corrected chi connectivity index (χ2v) is 4.62. The first-order valence-corrected chi connectivity index (χ1v) is 5.38. The molecule has 1 atom stereocenters. The molecule has 1 heterocycles. The lowest BCUT2D eigenvalue weighted by atomic mass is 10.0. The van der Waals surface area contributed by atoms with Crippen molar-refractivity contribution in [2.45, 2.75) is 32.4 Å². The predicted molar refractivity (Wildman–Crippen MR) is 64.4 cm³/mol. The van der Waals surface area contributed by atoms with Gasteiger partial charge in [0.2, 0.25) is 0 Å². The minimum Gasteiger partial charge on any atom is -0.394 e. The number of pyridine rings is 1. The van der Waals surface area contributed by atoms with Gasteiger partial charge in [0.25, 0.3) is 0 Å². The Balaban J connectivity index is 3.13. The first-order chi connectivity index (χ1) is 7.40. The molecule has 0 saturated carbocycles. The van der Waals surface area contributed by atoms with Crippen LogP contribution in [0.25, 0.3) is 0 Å². The molecule has 16 heavy (non-hydrogen) atoms. The summed E-state index contributed by atoms with van der Waals surface area (Å²) in [5, 5.41) is 19.0. The van der Waals surface area contributed by atoms with Crippen LogP contribution in [0, 0.1) is 0 Å². The van der Waals surface area contributed by atoms with Crippen molar-refractivity contribution in [3.8, 4) is 0 Å². The predicted octanol–water partition coefficient (Wildman–Crippen LogP) is 1.34. The molecule has 1 aromatic heterocycles. The monoisotopic (exact) mass is 224 g/mol. The van der Waals surface area contributed by atoms with Crippen LogP contribution in [0.4, 0.5) is 5.82 Å². The van der Waals surface area contributed by atoms with E-state index in [0.717, 1.165) is 5.56 Å². The van der Waals surface area contributed by atoms with Gasteiger partial charge in [-0.25, -0.2) is 4.98 Å². The molecule has 4 heteroatoms. The zero-order valence-corrected chi connectivity index (χ0v) is 10.3. The van der Waals surface area contributed by atoms with E-state index in [2.05, 4.69) is 4.98 Å². The van der Waals surface area contributed by atoms with Gasteiger partial charge in [0.1, 0.15) is 5.82 Å². The normalized spacial score (nSPS) is 13.6. The van der Waals surface area contributed by atoms with Crippen LogP contribution in [-0.2, 0) is 0 Å². The molecular weight excluding hydrogens is 204 g/mol. The van der Waals surface area contributed by atoms with Gasteiger partial charge in [-0.2, -0.15) is 0 Å². The molecule has 0 aromatic carbocycles. The third-order valence-corrected chi connectivity index (χ3v) is 2.88. The van der Waals surface area contributed by atoms with E-state index in [-0.39, 0.29) is 6.61 Å². The number of hydrogen-bond acceptors (Lipinski definition) is 4. The van der Waals surface area contributed by atoms with Crippen molar-refractivity contribution in [2.75, 3.05) is 18.6 Å². The number of aromatic nitrogens is 1. The first kappa shape index (κ1) is 12.9. The molecule has 4 nitrogen and oxygen atoms in total. The van der Waals surface area contributed by atoms with Gasteiger partial charge >= 0.3 is 0 Å².